The number of aryl methyl sites for hydroxylation is 1. The Morgan fingerprint density at radius 3 is 2.62 bits per heavy atom. The second-order valence-electron chi connectivity index (χ2n) is 5.59. The summed E-state index contributed by atoms with van der Waals surface area (Å²) in [6, 6.07) is 1.21. The zero-order valence-electron chi connectivity index (χ0n) is 12.4. The summed E-state index contributed by atoms with van der Waals surface area (Å²) in [6.07, 6.45) is 1.38. The van der Waals surface area contributed by atoms with Crippen LogP contribution in [0, 0.1) is 0 Å². The summed E-state index contributed by atoms with van der Waals surface area (Å²) >= 11 is 0. The lowest BCUT2D eigenvalue weighted by molar-refractivity contribution is -0.00770. The van der Waals surface area contributed by atoms with E-state index in [2.05, 4.69) is 0 Å². The number of ether oxygens (including phenoxy) is 1. The topological polar surface area (TPSA) is 88.8 Å². The van der Waals surface area contributed by atoms with Crippen LogP contribution in [0.4, 0.5) is 0 Å². The van der Waals surface area contributed by atoms with Crippen LogP contribution in [0.25, 0.3) is 0 Å². The molecule has 1 aliphatic heterocycles. The average Bonchev–Trinajstić information content (AvgIpc) is 2.82. The Bertz CT molecular complexity index is 648. The number of hydrogen-bond donors (Lipinski definition) is 1. The molecule has 118 valence electrons. The summed E-state index contributed by atoms with van der Waals surface area (Å²) in [5.74, 6) is -1.14. The lowest BCUT2D eigenvalue weighted by Crippen LogP contribution is -2.55. The molecule has 2 heterocycles. The van der Waals surface area contributed by atoms with Crippen LogP contribution in [0.15, 0.2) is 17.2 Å². The third-order valence-electron chi connectivity index (χ3n) is 3.59. The highest BCUT2D eigenvalue weighted by Crippen LogP contribution is 2.28. The van der Waals surface area contributed by atoms with Gasteiger partial charge >= 0.3 is 5.97 Å². The second-order valence-corrected chi connectivity index (χ2v) is 7.46. The van der Waals surface area contributed by atoms with E-state index in [0.29, 0.717) is 19.8 Å². The molecular formula is C13H20N2O5S. The second kappa shape index (κ2) is 5.43. The first kappa shape index (κ1) is 16.0. The lowest BCUT2D eigenvalue weighted by Gasteiger charge is -2.40. The number of aromatic nitrogens is 1. The fourth-order valence-electron chi connectivity index (χ4n) is 2.48. The molecule has 0 aromatic carbocycles. The molecule has 1 saturated heterocycles. The molecule has 1 aliphatic rings. The molecule has 0 radical (unpaired) electrons. The van der Waals surface area contributed by atoms with Crippen molar-refractivity contribution < 1.29 is 23.1 Å². The molecule has 0 atom stereocenters. The van der Waals surface area contributed by atoms with Gasteiger partial charge in [0.05, 0.1) is 18.8 Å². The summed E-state index contributed by atoms with van der Waals surface area (Å²) < 4.78 is 33.7. The van der Waals surface area contributed by atoms with Gasteiger partial charge in [0.2, 0.25) is 10.0 Å². The first-order chi connectivity index (χ1) is 9.70. The van der Waals surface area contributed by atoms with Crippen LogP contribution in [0.2, 0.25) is 0 Å². The summed E-state index contributed by atoms with van der Waals surface area (Å²) in [5.41, 5.74) is -0.684. The van der Waals surface area contributed by atoms with Crippen molar-refractivity contribution in [2.75, 3.05) is 19.8 Å². The van der Waals surface area contributed by atoms with E-state index in [-0.39, 0.29) is 17.1 Å². The maximum absolute atomic E-state index is 12.8. The quantitative estimate of drug-likeness (QED) is 0.895. The molecule has 0 aliphatic carbocycles. The molecule has 2 rings (SSSR count). The fourth-order valence-corrected chi connectivity index (χ4v) is 4.28. The number of carboxylic acid groups (broad SMARTS) is 1. The zero-order valence-corrected chi connectivity index (χ0v) is 13.2. The van der Waals surface area contributed by atoms with Crippen LogP contribution in [0.1, 0.15) is 31.3 Å². The predicted molar refractivity (Wildman–Crippen MR) is 75.9 cm³/mol. The van der Waals surface area contributed by atoms with Crippen molar-refractivity contribution >= 4 is 16.0 Å². The van der Waals surface area contributed by atoms with Gasteiger partial charge in [0.15, 0.2) is 0 Å². The van der Waals surface area contributed by atoms with Crippen molar-refractivity contribution in [3.8, 4) is 0 Å². The van der Waals surface area contributed by atoms with Gasteiger partial charge in [-0.15, -0.1) is 0 Å². The van der Waals surface area contributed by atoms with E-state index in [1.165, 1.54) is 21.1 Å². The van der Waals surface area contributed by atoms with Gasteiger partial charge in [0.1, 0.15) is 10.6 Å². The number of aromatic carboxylic acids is 1. The number of nitrogens with zero attached hydrogens (tertiary/aromatic N) is 2. The number of sulfonamides is 1. The summed E-state index contributed by atoms with van der Waals surface area (Å²) in [5, 5.41) is 9.14. The van der Waals surface area contributed by atoms with E-state index in [1.807, 2.05) is 0 Å². The molecular weight excluding hydrogens is 296 g/mol. The Labute approximate surface area is 124 Å². The lowest BCUT2D eigenvalue weighted by atomic mass is 10.1. The predicted octanol–water partition coefficient (Wildman–Crippen LogP) is 1.01. The van der Waals surface area contributed by atoms with Gasteiger partial charge in [-0.1, -0.05) is 0 Å². The molecule has 8 heteroatoms. The molecule has 1 aromatic rings. The first-order valence-electron chi connectivity index (χ1n) is 6.74. The van der Waals surface area contributed by atoms with Crippen molar-refractivity contribution in [2.24, 2.45) is 0 Å². The maximum atomic E-state index is 12.8. The van der Waals surface area contributed by atoms with Crippen LogP contribution >= 0.6 is 0 Å². The minimum Gasteiger partial charge on any atom is -0.477 e. The molecule has 0 saturated carbocycles. The monoisotopic (exact) mass is 316 g/mol. The van der Waals surface area contributed by atoms with Crippen LogP contribution in [0.3, 0.4) is 0 Å². The number of morpholine rings is 1. The Balaban J connectivity index is 2.46. The maximum Gasteiger partial charge on any atom is 0.352 e. The van der Waals surface area contributed by atoms with Crippen molar-refractivity contribution in [3.63, 3.8) is 0 Å². The summed E-state index contributed by atoms with van der Waals surface area (Å²) in [7, 11) is -3.75. The first-order valence-corrected chi connectivity index (χ1v) is 8.18. The third kappa shape index (κ3) is 2.83. The molecule has 0 spiro atoms. The smallest absolute Gasteiger partial charge is 0.352 e. The van der Waals surface area contributed by atoms with Crippen LogP contribution in [-0.2, 0) is 21.3 Å². The normalized spacial score (nSPS) is 19.6. The highest BCUT2D eigenvalue weighted by molar-refractivity contribution is 7.89. The molecule has 1 N–H and O–H groups in total. The van der Waals surface area contributed by atoms with E-state index in [4.69, 9.17) is 9.84 Å². The molecule has 0 amide bonds. The third-order valence-corrected chi connectivity index (χ3v) is 5.66. The van der Waals surface area contributed by atoms with Crippen LogP contribution in [0.5, 0.6) is 0 Å². The zero-order chi connectivity index (χ0) is 15.8. The Morgan fingerprint density at radius 1 is 1.48 bits per heavy atom. The van der Waals surface area contributed by atoms with E-state index in [0.717, 1.165) is 0 Å². The molecule has 21 heavy (non-hydrogen) atoms. The molecule has 1 fully saturated rings. The van der Waals surface area contributed by atoms with Gasteiger partial charge in [0, 0.05) is 19.3 Å². The Morgan fingerprint density at radius 2 is 2.14 bits per heavy atom. The highest BCUT2D eigenvalue weighted by atomic mass is 32.2. The number of carboxylic acids is 1. The van der Waals surface area contributed by atoms with E-state index >= 15 is 0 Å². The van der Waals surface area contributed by atoms with Crippen molar-refractivity contribution in [1.82, 2.24) is 8.87 Å². The van der Waals surface area contributed by atoms with Crippen molar-refractivity contribution in [1.29, 1.82) is 0 Å². The van der Waals surface area contributed by atoms with Crippen LogP contribution < -0.4 is 0 Å². The standard InChI is InChI=1S/C13H20N2O5S/c1-4-14-8-10(7-11(14)12(16)17)21(18,19)15-5-6-20-9-13(15,2)3/h7-8H,4-6,9H2,1-3H3,(H,16,17). The van der Waals surface area contributed by atoms with Crippen molar-refractivity contribution in [3.05, 3.63) is 18.0 Å². The average molecular weight is 316 g/mol. The van der Waals surface area contributed by atoms with Gasteiger partial charge < -0.3 is 14.4 Å². The van der Waals surface area contributed by atoms with Crippen LogP contribution in [-0.4, -0.2) is 53.7 Å². The van der Waals surface area contributed by atoms with Crippen molar-refractivity contribution in [2.45, 2.75) is 37.8 Å². The minimum absolute atomic E-state index is 0.0109. The SMILES string of the molecule is CCn1cc(S(=O)(=O)N2CCOCC2(C)C)cc1C(=O)O. The highest BCUT2D eigenvalue weighted by Gasteiger charge is 2.40. The summed E-state index contributed by atoms with van der Waals surface area (Å²) in [6.45, 7) is 6.65. The molecule has 1 aromatic heterocycles. The van der Waals surface area contributed by atoms with Gasteiger partial charge in [-0.05, 0) is 26.8 Å². The van der Waals surface area contributed by atoms with Gasteiger partial charge in [-0.2, -0.15) is 4.31 Å². The fraction of sp³-hybridized carbons (Fsp3) is 0.615. The van der Waals surface area contributed by atoms with E-state index in [9.17, 15) is 13.2 Å². The summed E-state index contributed by atoms with van der Waals surface area (Å²) in [4.78, 5) is 11.2. The number of rotatable bonds is 4. The van der Waals surface area contributed by atoms with Gasteiger partial charge in [-0.3, -0.25) is 0 Å². The van der Waals surface area contributed by atoms with E-state index < -0.39 is 21.5 Å². The molecule has 0 unspecified atom stereocenters. The number of carbonyl (C=O) groups is 1. The molecule has 0 bridgehead atoms. The minimum atomic E-state index is -3.75. The van der Waals surface area contributed by atoms with Gasteiger partial charge in [-0.25, -0.2) is 13.2 Å². The van der Waals surface area contributed by atoms with E-state index in [1.54, 1.807) is 20.8 Å². The Kier molecular flexibility index (Phi) is 4.14. The largest absolute Gasteiger partial charge is 0.477 e. The Hall–Kier alpha value is -1.38. The van der Waals surface area contributed by atoms with Gasteiger partial charge in [0.25, 0.3) is 0 Å². The number of hydrogen-bond acceptors (Lipinski definition) is 4. The molecule has 7 nitrogen and oxygen atoms in total.